The number of benzene rings is 1. The number of nitrogens with zero attached hydrogens (tertiary/aromatic N) is 3. The minimum atomic E-state index is -0.293. The number of aromatic nitrogens is 2. The lowest BCUT2D eigenvalue weighted by Gasteiger charge is -2.14. The van der Waals surface area contributed by atoms with Crippen LogP contribution >= 0.6 is 15.9 Å². The van der Waals surface area contributed by atoms with Gasteiger partial charge in [0.25, 0.3) is 0 Å². The first kappa shape index (κ1) is 15.2. The molecule has 2 rings (SSSR count). The van der Waals surface area contributed by atoms with Crippen LogP contribution in [-0.4, -0.2) is 39.9 Å². The van der Waals surface area contributed by atoms with Gasteiger partial charge in [0.15, 0.2) is 0 Å². The number of halogens is 1. The quantitative estimate of drug-likeness (QED) is 0.876. The Kier molecular flexibility index (Phi) is 5.28. The van der Waals surface area contributed by atoms with Gasteiger partial charge in [0.05, 0.1) is 12.6 Å². The van der Waals surface area contributed by atoms with Crippen molar-refractivity contribution in [3.05, 3.63) is 34.6 Å². The third-order valence-electron chi connectivity index (χ3n) is 2.89. The normalized spacial score (nSPS) is 12.8. The van der Waals surface area contributed by atoms with Crippen molar-refractivity contribution in [1.29, 1.82) is 0 Å². The van der Waals surface area contributed by atoms with Gasteiger partial charge in [0, 0.05) is 16.6 Å². The maximum absolute atomic E-state index is 9.26. The van der Waals surface area contributed by atoms with Gasteiger partial charge in [-0.2, -0.15) is 0 Å². The van der Waals surface area contributed by atoms with Crippen LogP contribution in [0.3, 0.4) is 0 Å². The minimum Gasteiger partial charge on any atom is -0.419 e. The molecule has 1 heterocycles. The van der Waals surface area contributed by atoms with E-state index in [0.717, 1.165) is 23.0 Å². The summed E-state index contributed by atoms with van der Waals surface area (Å²) in [4.78, 5) is 2.05. The van der Waals surface area contributed by atoms with Crippen LogP contribution in [0.15, 0.2) is 33.2 Å². The maximum atomic E-state index is 9.26. The second-order valence-electron chi connectivity index (χ2n) is 4.88. The molecule has 108 valence electrons. The number of rotatable bonds is 6. The maximum Gasteiger partial charge on any atom is 0.247 e. The van der Waals surface area contributed by atoms with E-state index >= 15 is 0 Å². The van der Waals surface area contributed by atoms with E-state index in [1.165, 1.54) is 0 Å². The van der Waals surface area contributed by atoms with Gasteiger partial charge in [-0.3, -0.25) is 4.90 Å². The van der Waals surface area contributed by atoms with E-state index in [1.54, 1.807) is 6.92 Å². The Morgan fingerprint density at radius 2 is 2.00 bits per heavy atom. The van der Waals surface area contributed by atoms with E-state index in [2.05, 4.69) is 26.1 Å². The van der Waals surface area contributed by atoms with Crippen LogP contribution in [0.2, 0.25) is 0 Å². The van der Waals surface area contributed by atoms with Crippen LogP contribution in [0.25, 0.3) is 11.5 Å². The molecule has 0 saturated heterocycles. The zero-order valence-electron chi connectivity index (χ0n) is 11.6. The molecule has 0 radical (unpaired) electrons. The molecule has 0 fully saturated rings. The molecule has 0 amide bonds. The molecule has 1 aromatic carbocycles. The van der Waals surface area contributed by atoms with Crippen molar-refractivity contribution < 1.29 is 9.52 Å². The van der Waals surface area contributed by atoms with Gasteiger partial charge in [-0.1, -0.05) is 15.9 Å². The minimum absolute atomic E-state index is 0.293. The lowest BCUT2D eigenvalue weighted by Crippen LogP contribution is -2.22. The van der Waals surface area contributed by atoms with Gasteiger partial charge >= 0.3 is 0 Å². The highest BCUT2D eigenvalue weighted by Crippen LogP contribution is 2.20. The topological polar surface area (TPSA) is 62.4 Å². The standard InChI is InChI=1S/C14H18BrN3O2/c1-10(19)7-8-18(2)9-13-16-17-14(20-13)11-3-5-12(15)6-4-11/h3-6,10,19H,7-9H2,1-2H3. The second kappa shape index (κ2) is 6.97. The Balaban J connectivity index is 1.96. The van der Waals surface area contributed by atoms with E-state index in [-0.39, 0.29) is 6.10 Å². The van der Waals surface area contributed by atoms with Crippen molar-refractivity contribution in [2.24, 2.45) is 0 Å². The van der Waals surface area contributed by atoms with Crippen LogP contribution in [0, 0.1) is 0 Å². The van der Waals surface area contributed by atoms with Crippen LogP contribution in [0.1, 0.15) is 19.2 Å². The van der Waals surface area contributed by atoms with Gasteiger partial charge in [0.2, 0.25) is 11.8 Å². The van der Waals surface area contributed by atoms with E-state index in [9.17, 15) is 5.11 Å². The fraction of sp³-hybridized carbons (Fsp3) is 0.429. The Bertz CT molecular complexity index is 540. The van der Waals surface area contributed by atoms with E-state index in [4.69, 9.17) is 4.42 Å². The molecule has 0 aliphatic carbocycles. The predicted octanol–water partition coefficient (Wildman–Crippen LogP) is 2.70. The highest BCUT2D eigenvalue weighted by atomic mass is 79.9. The molecule has 0 aliphatic rings. The molecule has 6 heteroatoms. The zero-order valence-corrected chi connectivity index (χ0v) is 13.2. The lowest BCUT2D eigenvalue weighted by atomic mass is 10.2. The summed E-state index contributed by atoms with van der Waals surface area (Å²) in [5.41, 5.74) is 0.901. The van der Waals surface area contributed by atoms with Crippen LogP contribution < -0.4 is 0 Å². The molecule has 0 bridgehead atoms. The summed E-state index contributed by atoms with van der Waals surface area (Å²) in [5.74, 6) is 1.10. The Morgan fingerprint density at radius 1 is 1.30 bits per heavy atom. The van der Waals surface area contributed by atoms with Crippen molar-refractivity contribution in [2.75, 3.05) is 13.6 Å². The van der Waals surface area contributed by atoms with Gasteiger partial charge in [-0.05, 0) is 44.7 Å². The van der Waals surface area contributed by atoms with E-state index in [0.29, 0.717) is 18.3 Å². The van der Waals surface area contributed by atoms with Crippen molar-refractivity contribution in [2.45, 2.75) is 26.0 Å². The van der Waals surface area contributed by atoms with Crippen LogP contribution in [0.5, 0.6) is 0 Å². The fourth-order valence-electron chi connectivity index (χ4n) is 1.74. The van der Waals surface area contributed by atoms with Gasteiger partial charge in [-0.15, -0.1) is 10.2 Å². The summed E-state index contributed by atoms with van der Waals surface area (Å²) in [6, 6.07) is 7.74. The highest BCUT2D eigenvalue weighted by Gasteiger charge is 2.11. The van der Waals surface area contributed by atoms with Crippen molar-refractivity contribution in [3.63, 3.8) is 0 Å². The van der Waals surface area contributed by atoms with E-state index in [1.807, 2.05) is 36.2 Å². The first-order valence-electron chi connectivity index (χ1n) is 6.49. The van der Waals surface area contributed by atoms with Crippen LogP contribution in [0.4, 0.5) is 0 Å². The lowest BCUT2D eigenvalue weighted by molar-refractivity contribution is 0.159. The zero-order chi connectivity index (χ0) is 14.5. The Morgan fingerprint density at radius 3 is 2.65 bits per heavy atom. The third kappa shape index (κ3) is 4.40. The Labute approximate surface area is 126 Å². The van der Waals surface area contributed by atoms with Crippen molar-refractivity contribution >= 4 is 15.9 Å². The smallest absolute Gasteiger partial charge is 0.247 e. The molecule has 5 nitrogen and oxygen atoms in total. The monoisotopic (exact) mass is 339 g/mol. The summed E-state index contributed by atoms with van der Waals surface area (Å²) in [6.45, 7) is 3.15. The molecular formula is C14H18BrN3O2. The second-order valence-corrected chi connectivity index (χ2v) is 5.80. The molecule has 1 unspecified atom stereocenters. The number of aliphatic hydroxyl groups is 1. The van der Waals surface area contributed by atoms with Gasteiger partial charge in [0.1, 0.15) is 0 Å². The van der Waals surface area contributed by atoms with Gasteiger partial charge < -0.3 is 9.52 Å². The van der Waals surface area contributed by atoms with Crippen molar-refractivity contribution in [3.8, 4) is 11.5 Å². The number of aliphatic hydroxyl groups excluding tert-OH is 1. The number of hydrogen-bond donors (Lipinski definition) is 1. The first-order valence-corrected chi connectivity index (χ1v) is 7.29. The first-order chi connectivity index (χ1) is 9.54. The summed E-state index contributed by atoms with van der Waals surface area (Å²) >= 11 is 3.39. The summed E-state index contributed by atoms with van der Waals surface area (Å²) in [6.07, 6.45) is 0.433. The number of hydrogen-bond acceptors (Lipinski definition) is 5. The van der Waals surface area contributed by atoms with Crippen molar-refractivity contribution in [1.82, 2.24) is 15.1 Å². The van der Waals surface area contributed by atoms with E-state index < -0.39 is 0 Å². The molecule has 1 atom stereocenters. The largest absolute Gasteiger partial charge is 0.419 e. The Hall–Kier alpha value is -1.24. The van der Waals surface area contributed by atoms with Gasteiger partial charge in [-0.25, -0.2) is 0 Å². The SMILES string of the molecule is CC(O)CCN(C)Cc1nnc(-c2ccc(Br)cc2)o1. The molecule has 0 spiro atoms. The van der Waals surface area contributed by atoms with Crippen LogP contribution in [-0.2, 0) is 6.54 Å². The molecule has 20 heavy (non-hydrogen) atoms. The predicted molar refractivity (Wildman–Crippen MR) is 80.1 cm³/mol. The average Bonchev–Trinajstić information content (AvgIpc) is 2.85. The molecule has 0 saturated carbocycles. The molecular weight excluding hydrogens is 322 g/mol. The molecule has 0 aliphatic heterocycles. The summed E-state index contributed by atoms with van der Waals surface area (Å²) < 4.78 is 6.66. The highest BCUT2D eigenvalue weighted by molar-refractivity contribution is 9.10. The fourth-order valence-corrected chi connectivity index (χ4v) is 2.01. The molecule has 1 aromatic heterocycles. The molecule has 1 N–H and O–H groups in total. The summed E-state index contributed by atoms with van der Waals surface area (Å²) in [5, 5.41) is 17.4. The summed E-state index contributed by atoms with van der Waals surface area (Å²) in [7, 11) is 1.96. The average molecular weight is 340 g/mol. The molecule has 2 aromatic rings. The third-order valence-corrected chi connectivity index (χ3v) is 3.42.